The Labute approximate surface area is 113 Å². The summed E-state index contributed by atoms with van der Waals surface area (Å²) >= 11 is 0. The molecule has 0 spiro atoms. The number of rotatable bonds is 4. The molecule has 1 aliphatic carbocycles. The van der Waals surface area contributed by atoms with Crippen LogP contribution in [0.3, 0.4) is 0 Å². The molecule has 3 nitrogen and oxygen atoms in total. The molecule has 2 aromatic rings. The zero-order valence-electron chi connectivity index (χ0n) is 10.9. The van der Waals surface area contributed by atoms with Crippen molar-refractivity contribution in [3.63, 3.8) is 0 Å². The molecule has 1 aliphatic rings. The van der Waals surface area contributed by atoms with Crippen LogP contribution >= 0.6 is 0 Å². The Morgan fingerprint density at radius 1 is 1.11 bits per heavy atom. The molecule has 100 valence electrons. The van der Waals surface area contributed by atoms with Gasteiger partial charge in [0.05, 0.1) is 4.90 Å². The van der Waals surface area contributed by atoms with Gasteiger partial charge in [0, 0.05) is 11.9 Å². The van der Waals surface area contributed by atoms with Gasteiger partial charge < -0.3 is 0 Å². The fourth-order valence-corrected chi connectivity index (χ4v) is 3.59. The van der Waals surface area contributed by atoms with Crippen molar-refractivity contribution in [1.82, 2.24) is 4.72 Å². The second kappa shape index (κ2) is 4.32. The Hall–Kier alpha value is -1.39. The molecule has 0 aromatic heterocycles. The number of benzene rings is 2. The van der Waals surface area contributed by atoms with Gasteiger partial charge in [-0.2, -0.15) is 0 Å². The summed E-state index contributed by atoms with van der Waals surface area (Å²) in [6.45, 7) is 2.64. The quantitative estimate of drug-likeness (QED) is 0.932. The Kier molecular flexibility index (Phi) is 2.87. The first-order chi connectivity index (χ1) is 9.00. The molecule has 0 heterocycles. The minimum Gasteiger partial charge on any atom is -0.211 e. The second-order valence-corrected chi connectivity index (χ2v) is 7.35. The topological polar surface area (TPSA) is 46.2 Å². The predicted octanol–water partition coefficient (Wildman–Crippen LogP) is 2.92. The van der Waals surface area contributed by atoms with Gasteiger partial charge in [0.2, 0.25) is 10.0 Å². The van der Waals surface area contributed by atoms with Crippen LogP contribution in [0.2, 0.25) is 0 Å². The highest BCUT2D eigenvalue weighted by Crippen LogP contribution is 2.44. The molecular formula is C15H17NO2S. The fraction of sp³-hybridized carbons (Fsp3) is 0.333. The van der Waals surface area contributed by atoms with Crippen molar-refractivity contribution in [3.8, 4) is 0 Å². The lowest BCUT2D eigenvalue weighted by atomic mass is 10.1. The van der Waals surface area contributed by atoms with Crippen molar-refractivity contribution in [1.29, 1.82) is 0 Å². The van der Waals surface area contributed by atoms with Crippen LogP contribution in [0, 0.1) is 5.41 Å². The average molecular weight is 275 g/mol. The van der Waals surface area contributed by atoms with Crippen LogP contribution in [0.5, 0.6) is 0 Å². The van der Waals surface area contributed by atoms with Gasteiger partial charge in [-0.3, -0.25) is 0 Å². The van der Waals surface area contributed by atoms with Crippen molar-refractivity contribution in [2.45, 2.75) is 24.7 Å². The molecule has 1 N–H and O–H groups in total. The third-order valence-electron chi connectivity index (χ3n) is 3.83. The van der Waals surface area contributed by atoms with Crippen molar-refractivity contribution in [2.75, 3.05) is 6.54 Å². The maximum Gasteiger partial charge on any atom is 0.241 e. The maximum atomic E-state index is 12.4. The van der Waals surface area contributed by atoms with Crippen LogP contribution in [-0.4, -0.2) is 15.0 Å². The molecule has 19 heavy (non-hydrogen) atoms. The van der Waals surface area contributed by atoms with E-state index < -0.39 is 10.0 Å². The molecule has 0 unspecified atom stereocenters. The van der Waals surface area contributed by atoms with Gasteiger partial charge in [0.25, 0.3) is 0 Å². The second-order valence-electron chi connectivity index (χ2n) is 5.61. The third kappa shape index (κ3) is 2.51. The highest BCUT2D eigenvalue weighted by atomic mass is 32.2. The summed E-state index contributed by atoms with van der Waals surface area (Å²) in [5.74, 6) is 0. The van der Waals surface area contributed by atoms with Crippen LogP contribution in [0.4, 0.5) is 0 Å². The number of sulfonamides is 1. The van der Waals surface area contributed by atoms with Crippen molar-refractivity contribution in [2.24, 2.45) is 5.41 Å². The number of fused-ring (bicyclic) bond motifs is 1. The molecule has 0 atom stereocenters. The van der Waals surface area contributed by atoms with E-state index in [4.69, 9.17) is 0 Å². The Morgan fingerprint density at radius 2 is 1.79 bits per heavy atom. The van der Waals surface area contributed by atoms with Crippen LogP contribution < -0.4 is 4.72 Å². The van der Waals surface area contributed by atoms with Gasteiger partial charge in [0.15, 0.2) is 0 Å². The van der Waals surface area contributed by atoms with Crippen molar-refractivity contribution in [3.05, 3.63) is 42.5 Å². The third-order valence-corrected chi connectivity index (χ3v) is 5.29. The van der Waals surface area contributed by atoms with Crippen LogP contribution in [0.1, 0.15) is 19.8 Å². The molecule has 0 radical (unpaired) electrons. The van der Waals surface area contributed by atoms with Gasteiger partial charge in [-0.15, -0.1) is 0 Å². The summed E-state index contributed by atoms with van der Waals surface area (Å²) in [5.41, 5.74) is 0.164. The monoisotopic (exact) mass is 275 g/mol. The molecular weight excluding hydrogens is 258 g/mol. The fourth-order valence-electron chi connectivity index (χ4n) is 2.17. The van der Waals surface area contributed by atoms with E-state index in [9.17, 15) is 8.42 Å². The SMILES string of the molecule is CC1(CNS(=O)(=O)c2cccc3ccccc23)CC1. The first kappa shape index (κ1) is 12.6. The first-order valence-electron chi connectivity index (χ1n) is 6.48. The zero-order valence-corrected chi connectivity index (χ0v) is 11.7. The Balaban J connectivity index is 1.98. The van der Waals surface area contributed by atoms with E-state index in [0.717, 1.165) is 23.6 Å². The minimum absolute atomic E-state index is 0.164. The Morgan fingerprint density at radius 3 is 2.53 bits per heavy atom. The maximum absolute atomic E-state index is 12.4. The summed E-state index contributed by atoms with van der Waals surface area (Å²) in [5, 5.41) is 1.72. The molecule has 0 bridgehead atoms. The molecule has 2 aromatic carbocycles. The van der Waals surface area contributed by atoms with E-state index >= 15 is 0 Å². The first-order valence-corrected chi connectivity index (χ1v) is 7.96. The molecule has 1 fully saturated rings. The van der Waals surface area contributed by atoms with Gasteiger partial charge >= 0.3 is 0 Å². The van der Waals surface area contributed by atoms with Gasteiger partial charge in [-0.25, -0.2) is 13.1 Å². The number of hydrogen-bond donors (Lipinski definition) is 1. The van der Waals surface area contributed by atoms with E-state index in [2.05, 4.69) is 11.6 Å². The molecule has 0 aliphatic heterocycles. The minimum atomic E-state index is -3.43. The predicted molar refractivity (Wildman–Crippen MR) is 76.5 cm³/mol. The molecule has 0 amide bonds. The lowest BCUT2D eigenvalue weighted by molar-refractivity contribution is 0.531. The van der Waals surface area contributed by atoms with Gasteiger partial charge in [0.1, 0.15) is 0 Å². The van der Waals surface area contributed by atoms with Crippen LogP contribution in [-0.2, 0) is 10.0 Å². The zero-order chi connectivity index (χ0) is 13.5. The summed E-state index contributed by atoms with van der Waals surface area (Å²) in [6.07, 6.45) is 2.20. The molecule has 3 rings (SSSR count). The lowest BCUT2D eigenvalue weighted by Crippen LogP contribution is -2.29. The highest BCUT2D eigenvalue weighted by molar-refractivity contribution is 7.89. The normalized spacial score (nSPS) is 17.5. The summed E-state index contributed by atoms with van der Waals surface area (Å²) in [7, 11) is -3.43. The summed E-state index contributed by atoms with van der Waals surface area (Å²) in [4.78, 5) is 0.370. The average Bonchev–Trinajstić information content (AvgIpc) is 3.15. The lowest BCUT2D eigenvalue weighted by Gasteiger charge is -2.12. The molecule has 1 saturated carbocycles. The number of nitrogens with one attached hydrogen (secondary N) is 1. The molecule has 4 heteroatoms. The smallest absolute Gasteiger partial charge is 0.211 e. The van der Waals surface area contributed by atoms with E-state index in [1.165, 1.54) is 0 Å². The van der Waals surface area contributed by atoms with Crippen LogP contribution in [0.15, 0.2) is 47.4 Å². The molecule has 0 saturated heterocycles. The van der Waals surface area contributed by atoms with E-state index in [0.29, 0.717) is 11.4 Å². The van der Waals surface area contributed by atoms with Gasteiger partial charge in [-0.1, -0.05) is 43.3 Å². The van der Waals surface area contributed by atoms with Crippen LogP contribution in [0.25, 0.3) is 10.8 Å². The highest BCUT2D eigenvalue weighted by Gasteiger charge is 2.38. The summed E-state index contributed by atoms with van der Waals surface area (Å²) < 4.78 is 27.6. The van der Waals surface area contributed by atoms with E-state index in [-0.39, 0.29) is 5.41 Å². The number of hydrogen-bond acceptors (Lipinski definition) is 2. The van der Waals surface area contributed by atoms with Crippen molar-refractivity contribution < 1.29 is 8.42 Å². The van der Waals surface area contributed by atoms with E-state index in [1.807, 2.05) is 30.3 Å². The van der Waals surface area contributed by atoms with Crippen molar-refractivity contribution >= 4 is 20.8 Å². The van der Waals surface area contributed by atoms with Gasteiger partial charge in [-0.05, 0) is 29.7 Å². The Bertz CT molecular complexity index is 713. The van der Waals surface area contributed by atoms with E-state index in [1.54, 1.807) is 12.1 Å². The largest absolute Gasteiger partial charge is 0.241 e. The summed E-state index contributed by atoms with van der Waals surface area (Å²) in [6, 6.07) is 12.9. The standard InChI is InChI=1S/C15H17NO2S/c1-15(9-10-15)11-16-19(17,18)14-8-4-6-12-5-2-3-7-13(12)14/h2-8,16H,9-11H2,1H3.